The minimum absolute atomic E-state index is 0.152. The molecular formula is C23H34FN3O. The number of nitrogens with zero attached hydrogens (tertiary/aromatic N) is 2. The Morgan fingerprint density at radius 3 is 2.64 bits per heavy atom. The molecule has 28 heavy (non-hydrogen) atoms. The van der Waals surface area contributed by atoms with Gasteiger partial charge >= 0.3 is 0 Å². The van der Waals surface area contributed by atoms with E-state index in [1.807, 2.05) is 13.0 Å². The van der Waals surface area contributed by atoms with Crippen molar-refractivity contribution >= 4 is 11.6 Å². The first kappa shape index (κ1) is 19.7. The van der Waals surface area contributed by atoms with Crippen molar-refractivity contribution < 1.29 is 9.18 Å². The highest BCUT2D eigenvalue weighted by atomic mass is 19.1. The first-order chi connectivity index (χ1) is 13.6. The number of carbonyl (C=O) groups is 1. The van der Waals surface area contributed by atoms with Crippen molar-refractivity contribution in [2.24, 2.45) is 5.92 Å². The van der Waals surface area contributed by atoms with Crippen molar-refractivity contribution in [3.8, 4) is 0 Å². The van der Waals surface area contributed by atoms with Crippen molar-refractivity contribution in [1.29, 1.82) is 0 Å². The van der Waals surface area contributed by atoms with Gasteiger partial charge < -0.3 is 10.2 Å². The molecule has 4 rings (SSSR count). The van der Waals surface area contributed by atoms with Crippen LogP contribution in [-0.4, -0.2) is 49.1 Å². The SMILES string of the molecule is Cc1cc(F)ccc1N1CCC(N2CCC[C@H](CCC(=O)NC3CC3)C2)CC1. The molecule has 1 aromatic carbocycles. The van der Waals surface area contributed by atoms with Crippen LogP contribution in [0.4, 0.5) is 10.1 Å². The molecule has 2 heterocycles. The quantitative estimate of drug-likeness (QED) is 0.805. The molecule has 2 aliphatic heterocycles. The molecule has 3 aliphatic rings. The van der Waals surface area contributed by atoms with Gasteiger partial charge in [0.05, 0.1) is 0 Å². The number of amides is 1. The normalized spacial score (nSPS) is 24.4. The van der Waals surface area contributed by atoms with Gasteiger partial charge in [0.2, 0.25) is 5.91 Å². The lowest BCUT2D eigenvalue weighted by atomic mass is 9.90. The predicted molar refractivity (Wildman–Crippen MR) is 111 cm³/mol. The molecule has 2 saturated heterocycles. The molecule has 0 radical (unpaired) electrons. The highest BCUT2D eigenvalue weighted by molar-refractivity contribution is 5.76. The second kappa shape index (κ2) is 8.81. The Morgan fingerprint density at radius 1 is 1.14 bits per heavy atom. The van der Waals surface area contributed by atoms with E-state index < -0.39 is 0 Å². The third-order valence-corrected chi connectivity index (χ3v) is 6.75. The zero-order valence-corrected chi connectivity index (χ0v) is 17.1. The number of nitrogens with one attached hydrogen (secondary N) is 1. The van der Waals surface area contributed by atoms with Crippen LogP contribution in [0.5, 0.6) is 0 Å². The summed E-state index contributed by atoms with van der Waals surface area (Å²) >= 11 is 0. The van der Waals surface area contributed by atoms with Crippen LogP contribution >= 0.6 is 0 Å². The van der Waals surface area contributed by atoms with Crippen LogP contribution < -0.4 is 10.2 Å². The molecule has 0 bridgehead atoms. The van der Waals surface area contributed by atoms with Gasteiger partial charge in [-0.3, -0.25) is 9.69 Å². The van der Waals surface area contributed by atoms with Gasteiger partial charge in [0.1, 0.15) is 5.82 Å². The number of carbonyl (C=O) groups excluding carboxylic acids is 1. The Bertz CT molecular complexity index is 682. The highest BCUT2D eigenvalue weighted by Crippen LogP contribution is 2.29. The Labute approximate surface area is 168 Å². The van der Waals surface area contributed by atoms with Crippen LogP contribution in [0.2, 0.25) is 0 Å². The summed E-state index contributed by atoms with van der Waals surface area (Å²) in [5.74, 6) is 0.764. The van der Waals surface area contributed by atoms with E-state index in [0.717, 1.165) is 31.6 Å². The van der Waals surface area contributed by atoms with Crippen LogP contribution in [0.1, 0.15) is 56.9 Å². The molecule has 0 unspecified atom stereocenters. The minimum atomic E-state index is -0.152. The average molecular weight is 388 g/mol. The number of piperidine rings is 2. The summed E-state index contributed by atoms with van der Waals surface area (Å²) in [6.45, 7) is 6.44. The maximum absolute atomic E-state index is 13.4. The van der Waals surface area contributed by atoms with Crippen molar-refractivity contribution in [1.82, 2.24) is 10.2 Å². The smallest absolute Gasteiger partial charge is 0.220 e. The van der Waals surface area contributed by atoms with Crippen molar-refractivity contribution in [2.75, 3.05) is 31.1 Å². The Balaban J connectivity index is 1.24. The molecule has 154 valence electrons. The van der Waals surface area contributed by atoms with Gasteiger partial charge in [-0.2, -0.15) is 0 Å². The fourth-order valence-electron chi connectivity index (χ4n) is 4.97. The third-order valence-electron chi connectivity index (χ3n) is 6.75. The predicted octanol–water partition coefficient (Wildman–Crippen LogP) is 3.87. The molecule has 3 fully saturated rings. The van der Waals surface area contributed by atoms with E-state index >= 15 is 0 Å². The van der Waals surface area contributed by atoms with E-state index in [9.17, 15) is 9.18 Å². The molecule has 0 aromatic heterocycles. The van der Waals surface area contributed by atoms with Crippen LogP contribution in [0.25, 0.3) is 0 Å². The maximum Gasteiger partial charge on any atom is 0.220 e. The fourth-order valence-corrected chi connectivity index (χ4v) is 4.97. The van der Waals surface area contributed by atoms with E-state index in [4.69, 9.17) is 0 Å². The molecule has 1 N–H and O–H groups in total. The topological polar surface area (TPSA) is 35.6 Å². The van der Waals surface area contributed by atoms with Crippen LogP contribution in [0.3, 0.4) is 0 Å². The number of likely N-dealkylation sites (tertiary alicyclic amines) is 1. The van der Waals surface area contributed by atoms with Gasteiger partial charge in [-0.25, -0.2) is 4.39 Å². The van der Waals surface area contributed by atoms with Gasteiger partial charge in [-0.05, 0) is 88.1 Å². The Hall–Kier alpha value is -1.62. The van der Waals surface area contributed by atoms with E-state index in [-0.39, 0.29) is 11.7 Å². The highest BCUT2D eigenvalue weighted by Gasteiger charge is 2.30. The molecule has 1 aliphatic carbocycles. The lowest BCUT2D eigenvalue weighted by molar-refractivity contribution is -0.121. The van der Waals surface area contributed by atoms with Crippen molar-refractivity contribution in [3.05, 3.63) is 29.6 Å². The van der Waals surface area contributed by atoms with E-state index in [1.165, 1.54) is 50.8 Å². The third kappa shape index (κ3) is 5.05. The first-order valence-corrected chi connectivity index (χ1v) is 11.1. The summed E-state index contributed by atoms with van der Waals surface area (Å²) in [7, 11) is 0. The van der Waals surface area contributed by atoms with Gasteiger partial charge in [0, 0.05) is 43.8 Å². The second-order valence-electron chi connectivity index (χ2n) is 9.03. The molecule has 1 saturated carbocycles. The number of halogens is 1. The molecule has 1 atom stereocenters. The zero-order valence-electron chi connectivity index (χ0n) is 17.1. The van der Waals surface area contributed by atoms with Crippen molar-refractivity contribution in [3.63, 3.8) is 0 Å². The average Bonchev–Trinajstić information content (AvgIpc) is 3.51. The summed E-state index contributed by atoms with van der Waals surface area (Å²) in [5, 5.41) is 3.11. The number of anilines is 1. The maximum atomic E-state index is 13.4. The second-order valence-corrected chi connectivity index (χ2v) is 9.03. The number of benzene rings is 1. The summed E-state index contributed by atoms with van der Waals surface area (Å²) in [6.07, 6.45) is 8.92. The van der Waals surface area contributed by atoms with Gasteiger partial charge in [-0.1, -0.05) is 0 Å². The summed E-state index contributed by atoms with van der Waals surface area (Å²) in [5.41, 5.74) is 2.21. The largest absolute Gasteiger partial charge is 0.371 e. The number of hydrogen-bond donors (Lipinski definition) is 1. The van der Waals surface area contributed by atoms with E-state index in [0.29, 0.717) is 24.4 Å². The first-order valence-electron chi connectivity index (χ1n) is 11.1. The van der Waals surface area contributed by atoms with Crippen LogP contribution in [0.15, 0.2) is 18.2 Å². The molecular weight excluding hydrogens is 353 g/mol. The van der Waals surface area contributed by atoms with E-state index in [2.05, 4.69) is 15.1 Å². The standard InChI is InChI=1S/C23H34FN3O/c1-17-15-19(24)5-8-22(17)26-13-10-21(11-14-26)27-12-2-3-18(16-27)4-9-23(28)25-20-6-7-20/h5,8,15,18,20-21H,2-4,6-7,9-14,16H2,1H3,(H,25,28)/t18-/m1/s1. The molecule has 1 aromatic rings. The lowest BCUT2D eigenvalue weighted by Crippen LogP contribution is -2.48. The monoisotopic (exact) mass is 387 g/mol. The Kier molecular flexibility index (Phi) is 6.19. The number of rotatable bonds is 6. The molecule has 1 amide bonds. The van der Waals surface area contributed by atoms with Gasteiger partial charge in [-0.15, -0.1) is 0 Å². The fraction of sp³-hybridized carbons (Fsp3) is 0.696. The minimum Gasteiger partial charge on any atom is -0.371 e. The van der Waals surface area contributed by atoms with Gasteiger partial charge in [0.15, 0.2) is 0 Å². The number of hydrogen-bond acceptors (Lipinski definition) is 3. The summed E-state index contributed by atoms with van der Waals surface area (Å²) in [4.78, 5) is 17.1. The lowest BCUT2D eigenvalue weighted by Gasteiger charge is -2.43. The number of aryl methyl sites for hydroxylation is 1. The zero-order chi connectivity index (χ0) is 19.5. The summed E-state index contributed by atoms with van der Waals surface area (Å²) in [6, 6.07) is 6.26. The molecule has 0 spiro atoms. The molecule has 5 heteroatoms. The van der Waals surface area contributed by atoms with Crippen LogP contribution in [-0.2, 0) is 4.79 Å². The van der Waals surface area contributed by atoms with Gasteiger partial charge in [0.25, 0.3) is 0 Å². The van der Waals surface area contributed by atoms with E-state index in [1.54, 1.807) is 12.1 Å². The Morgan fingerprint density at radius 2 is 1.93 bits per heavy atom. The van der Waals surface area contributed by atoms with Crippen molar-refractivity contribution in [2.45, 2.75) is 70.4 Å². The summed E-state index contributed by atoms with van der Waals surface area (Å²) < 4.78 is 13.4. The molecule has 4 nitrogen and oxygen atoms in total. The van der Waals surface area contributed by atoms with Crippen LogP contribution in [0, 0.1) is 18.7 Å².